The summed E-state index contributed by atoms with van der Waals surface area (Å²) in [6, 6.07) is 5.16. The van der Waals surface area contributed by atoms with Gasteiger partial charge in [0.2, 0.25) is 0 Å². The average Bonchev–Trinajstić information content (AvgIpc) is 2.35. The normalized spacial score (nSPS) is 18.5. The van der Waals surface area contributed by atoms with E-state index in [1.807, 2.05) is 6.07 Å². The maximum absolute atomic E-state index is 13.6. The van der Waals surface area contributed by atoms with Gasteiger partial charge in [0.25, 0.3) is 0 Å². The monoisotopic (exact) mass is 363 g/mol. The Hall–Kier alpha value is 0.0700. The van der Waals surface area contributed by atoms with Crippen LogP contribution in [0.4, 0.5) is 4.39 Å². The summed E-state index contributed by atoms with van der Waals surface area (Å²) in [7, 11) is 0. The second-order valence-electron chi connectivity index (χ2n) is 4.61. The zero-order valence-corrected chi connectivity index (χ0v) is 12.8. The molecule has 1 aliphatic rings. The van der Waals surface area contributed by atoms with Gasteiger partial charge in [-0.05, 0) is 50.0 Å². The van der Waals surface area contributed by atoms with Gasteiger partial charge in [-0.3, -0.25) is 4.90 Å². The third kappa shape index (κ3) is 3.76. The van der Waals surface area contributed by atoms with Crippen LogP contribution >= 0.6 is 31.9 Å². The predicted octanol–water partition coefficient (Wildman–Crippen LogP) is 4.20. The number of rotatable bonds is 3. The summed E-state index contributed by atoms with van der Waals surface area (Å²) in [4.78, 5) is 2.34. The number of likely N-dealkylation sites (tertiary alicyclic amines) is 1. The van der Waals surface area contributed by atoms with E-state index in [4.69, 9.17) is 0 Å². The minimum absolute atomic E-state index is 0.101. The summed E-state index contributed by atoms with van der Waals surface area (Å²) in [5.74, 6) is 0.689. The van der Waals surface area contributed by atoms with Crippen molar-refractivity contribution in [2.24, 2.45) is 5.92 Å². The minimum atomic E-state index is -0.101. The number of halogens is 3. The van der Waals surface area contributed by atoms with Crippen LogP contribution in [-0.4, -0.2) is 23.3 Å². The van der Waals surface area contributed by atoms with E-state index < -0.39 is 0 Å². The number of hydrogen-bond acceptors (Lipinski definition) is 1. The molecule has 0 atom stereocenters. The van der Waals surface area contributed by atoms with E-state index >= 15 is 0 Å². The van der Waals surface area contributed by atoms with E-state index in [1.54, 1.807) is 6.07 Å². The fraction of sp³-hybridized carbons (Fsp3) is 0.538. The van der Waals surface area contributed by atoms with Crippen molar-refractivity contribution in [3.05, 3.63) is 34.1 Å². The van der Waals surface area contributed by atoms with Crippen LogP contribution in [0.15, 0.2) is 22.7 Å². The van der Waals surface area contributed by atoms with Gasteiger partial charge in [0.05, 0.1) is 0 Å². The lowest BCUT2D eigenvalue weighted by atomic mass is 9.99. The number of piperidine rings is 1. The zero-order valence-electron chi connectivity index (χ0n) is 9.63. The predicted molar refractivity (Wildman–Crippen MR) is 75.9 cm³/mol. The summed E-state index contributed by atoms with van der Waals surface area (Å²) in [6.07, 6.45) is 2.42. The molecule has 4 heteroatoms. The first-order chi connectivity index (χ1) is 8.19. The van der Waals surface area contributed by atoms with Crippen LogP contribution < -0.4 is 0 Å². The summed E-state index contributed by atoms with van der Waals surface area (Å²) in [5.41, 5.74) is 0.789. The first-order valence-electron chi connectivity index (χ1n) is 5.91. The topological polar surface area (TPSA) is 3.24 Å². The minimum Gasteiger partial charge on any atom is -0.299 e. The molecule has 0 aliphatic carbocycles. The maximum atomic E-state index is 13.6. The molecule has 0 aromatic heterocycles. The standard InChI is InChI=1S/C13H16Br2FN/c14-8-10-3-5-17(6-4-10)9-11-7-12(15)1-2-13(11)16/h1-2,7,10H,3-6,8-9H2. The van der Waals surface area contributed by atoms with Gasteiger partial charge in [-0.25, -0.2) is 4.39 Å². The first-order valence-corrected chi connectivity index (χ1v) is 7.82. The third-order valence-electron chi connectivity index (χ3n) is 3.33. The molecule has 2 rings (SSSR count). The number of alkyl halides is 1. The van der Waals surface area contributed by atoms with Crippen molar-refractivity contribution in [3.8, 4) is 0 Å². The maximum Gasteiger partial charge on any atom is 0.127 e. The molecule has 0 bridgehead atoms. The van der Waals surface area contributed by atoms with Crippen LogP contribution in [0.25, 0.3) is 0 Å². The summed E-state index contributed by atoms with van der Waals surface area (Å²) in [6.45, 7) is 2.87. The van der Waals surface area contributed by atoms with Crippen molar-refractivity contribution >= 4 is 31.9 Å². The molecular formula is C13H16Br2FN. The molecule has 0 unspecified atom stereocenters. The van der Waals surface area contributed by atoms with Crippen molar-refractivity contribution in [1.29, 1.82) is 0 Å². The van der Waals surface area contributed by atoms with Crippen LogP contribution in [0.5, 0.6) is 0 Å². The van der Waals surface area contributed by atoms with Crippen molar-refractivity contribution in [2.75, 3.05) is 18.4 Å². The summed E-state index contributed by atoms with van der Waals surface area (Å²) < 4.78 is 14.6. The SMILES string of the molecule is Fc1ccc(Br)cc1CN1CCC(CBr)CC1. The molecule has 0 amide bonds. The van der Waals surface area contributed by atoms with Crippen molar-refractivity contribution in [3.63, 3.8) is 0 Å². The van der Waals surface area contributed by atoms with Gasteiger partial charge in [-0.1, -0.05) is 31.9 Å². The molecule has 0 saturated carbocycles. The Balaban J connectivity index is 1.95. The van der Waals surface area contributed by atoms with Gasteiger partial charge in [-0.2, -0.15) is 0 Å². The highest BCUT2D eigenvalue weighted by atomic mass is 79.9. The molecule has 1 aliphatic heterocycles. The highest BCUT2D eigenvalue weighted by molar-refractivity contribution is 9.10. The Morgan fingerprint density at radius 2 is 2.00 bits per heavy atom. The van der Waals surface area contributed by atoms with Gasteiger partial charge in [-0.15, -0.1) is 0 Å². The zero-order chi connectivity index (χ0) is 12.3. The van der Waals surface area contributed by atoms with E-state index in [0.717, 1.165) is 40.9 Å². The molecule has 1 aromatic carbocycles. The van der Waals surface area contributed by atoms with Gasteiger partial charge >= 0.3 is 0 Å². The Kier molecular flexibility index (Phi) is 5.00. The smallest absolute Gasteiger partial charge is 0.127 e. The molecule has 94 valence electrons. The quantitative estimate of drug-likeness (QED) is 0.726. The van der Waals surface area contributed by atoms with E-state index in [0.29, 0.717) is 0 Å². The number of nitrogens with zero attached hydrogens (tertiary/aromatic N) is 1. The lowest BCUT2D eigenvalue weighted by molar-refractivity contribution is 0.185. The van der Waals surface area contributed by atoms with Crippen LogP contribution in [0.3, 0.4) is 0 Å². The molecular weight excluding hydrogens is 349 g/mol. The molecule has 1 heterocycles. The van der Waals surface area contributed by atoms with E-state index in [-0.39, 0.29) is 5.82 Å². The molecule has 17 heavy (non-hydrogen) atoms. The van der Waals surface area contributed by atoms with E-state index in [9.17, 15) is 4.39 Å². The molecule has 0 spiro atoms. The fourth-order valence-corrected chi connectivity index (χ4v) is 3.26. The Labute approximate surface area is 119 Å². The summed E-state index contributed by atoms with van der Waals surface area (Å²) >= 11 is 6.92. The second kappa shape index (κ2) is 6.30. The van der Waals surface area contributed by atoms with Gasteiger partial charge in [0, 0.05) is 21.9 Å². The number of hydrogen-bond donors (Lipinski definition) is 0. The van der Waals surface area contributed by atoms with Gasteiger partial charge < -0.3 is 0 Å². The van der Waals surface area contributed by atoms with Crippen LogP contribution in [0, 0.1) is 11.7 Å². The molecule has 1 nitrogen and oxygen atoms in total. The Morgan fingerprint density at radius 3 is 2.65 bits per heavy atom. The highest BCUT2D eigenvalue weighted by Gasteiger charge is 2.19. The third-order valence-corrected chi connectivity index (χ3v) is 4.74. The van der Waals surface area contributed by atoms with E-state index in [2.05, 4.69) is 36.8 Å². The van der Waals surface area contributed by atoms with Crippen molar-refractivity contribution in [1.82, 2.24) is 4.90 Å². The van der Waals surface area contributed by atoms with Gasteiger partial charge in [0.1, 0.15) is 5.82 Å². The lowest BCUT2D eigenvalue weighted by Crippen LogP contribution is -2.33. The Bertz CT molecular complexity index is 376. The van der Waals surface area contributed by atoms with E-state index in [1.165, 1.54) is 18.9 Å². The molecule has 0 N–H and O–H groups in total. The molecule has 1 fully saturated rings. The van der Waals surface area contributed by atoms with Gasteiger partial charge in [0.15, 0.2) is 0 Å². The van der Waals surface area contributed by atoms with Crippen molar-refractivity contribution in [2.45, 2.75) is 19.4 Å². The van der Waals surface area contributed by atoms with Crippen LogP contribution in [0.1, 0.15) is 18.4 Å². The fourth-order valence-electron chi connectivity index (χ4n) is 2.20. The van der Waals surface area contributed by atoms with Crippen LogP contribution in [-0.2, 0) is 6.54 Å². The van der Waals surface area contributed by atoms with Crippen LogP contribution in [0.2, 0.25) is 0 Å². The Morgan fingerprint density at radius 1 is 1.29 bits per heavy atom. The largest absolute Gasteiger partial charge is 0.299 e. The van der Waals surface area contributed by atoms with Crippen molar-refractivity contribution < 1.29 is 4.39 Å². The number of benzene rings is 1. The second-order valence-corrected chi connectivity index (χ2v) is 6.17. The first kappa shape index (κ1) is 13.5. The molecule has 1 saturated heterocycles. The lowest BCUT2D eigenvalue weighted by Gasteiger charge is -2.31. The highest BCUT2D eigenvalue weighted by Crippen LogP contribution is 2.22. The molecule has 1 aromatic rings. The average molecular weight is 365 g/mol. The summed E-state index contributed by atoms with van der Waals surface area (Å²) in [5, 5.41) is 1.09. The molecule has 0 radical (unpaired) electrons.